The van der Waals surface area contributed by atoms with Crippen LogP contribution in [0.5, 0.6) is 0 Å². The van der Waals surface area contributed by atoms with Crippen molar-refractivity contribution in [2.75, 3.05) is 11.5 Å². The number of nitrogen functional groups attached to an aromatic ring is 1. The maximum absolute atomic E-state index is 13.2. The minimum Gasteiger partial charge on any atom is -0.396 e. The molecule has 0 saturated carbocycles. The minimum atomic E-state index is -0.556. The number of thiol groups is 1. The fourth-order valence-corrected chi connectivity index (χ4v) is 1.38. The number of rotatable bonds is 3. The first-order valence-corrected chi connectivity index (χ1v) is 5.18. The standard InChI is InChI=1S/C10H11ClFNS/c11-9-7(3-1-2-6-14)4-5-8(13)10(9)12/h1,3-5,14H,2,6,13H2. The molecule has 1 nitrogen and oxygen atoms in total. The zero-order valence-corrected chi connectivity index (χ0v) is 9.15. The number of halogens is 2. The highest BCUT2D eigenvalue weighted by Gasteiger charge is 2.06. The SMILES string of the molecule is Nc1ccc(C=CCCS)c(Cl)c1F. The number of benzene rings is 1. The maximum Gasteiger partial charge on any atom is 0.165 e. The summed E-state index contributed by atoms with van der Waals surface area (Å²) in [6.45, 7) is 0. The van der Waals surface area contributed by atoms with Gasteiger partial charge in [0.25, 0.3) is 0 Å². The highest BCUT2D eigenvalue weighted by molar-refractivity contribution is 7.80. The van der Waals surface area contributed by atoms with Crippen molar-refractivity contribution in [3.63, 3.8) is 0 Å². The smallest absolute Gasteiger partial charge is 0.165 e. The minimum absolute atomic E-state index is 0.0698. The third-order valence-corrected chi connectivity index (χ3v) is 2.38. The predicted octanol–water partition coefficient (Wildman–Crippen LogP) is 3.39. The summed E-state index contributed by atoms with van der Waals surface area (Å²) in [5, 5.41) is 0.0698. The van der Waals surface area contributed by atoms with Crippen LogP contribution in [0.3, 0.4) is 0 Å². The van der Waals surface area contributed by atoms with Gasteiger partial charge in [0.2, 0.25) is 0 Å². The molecule has 4 heteroatoms. The largest absolute Gasteiger partial charge is 0.396 e. The van der Waals surface area contributed by atoms with E-state index < -0.39 is 5.82 Å². The van der Waals surface area contributed by atoms with E-state index in [1.165, 1.54) is 6.07 Å². The van der Waals surface area contributed by atoms with Gasteiger partial charge in [-0.15, -0.1) is 0 Å². The summed E-state index contributed by atoms with van der Waals surface area (Å²) in [5.74, 6) is 0.200. The molecule has 0 aliphatic rings. The van der Waals surface area contributed by atoms with Gasteiger partial charge in [-0.1, -0.05) is 29.8 Å². The van der Waals surface area contributed by atoms with Crippen LogP contribution in [0.4, 0.5) is 10.1 Å². The molecule has 0 spiro atoms. The van der Waals surface area contributed by atoms with Gasteiger partial charge in [-0.3, -0.25) is 0 Å². The number of hydrogen-bond acceptors (Lipinski definition) is 2. The van der Waals surface area contributed by atoms with Crippen LogP contribution in [0.15, 0.2) is 18.2 Å². The molecule has 0 aromatic heterocycles. The Kier molecular flexibility index (Phi) is 4.29. The highest BCUT2D eigenvalue weighted by atomic mass is 35.5. The molecule has 1 aromatic carbocycles. The summed E-state index contributed by atoms with van der Waals surface area (Å²) >= 11 is 9.80. The zero-order chi connectivity index (χ0) is 10.6. The Labute approximate surface area is 93.2 Å². The van der Waals surface area contributed by atoms with Crippen LogP contribution in [-0.4, -0.2) is 5.75 Å². The van der Waals surface area contributed by atoms with Crippen LogP contribution in [0, 0.1) is 5.82 Å². The van der Waals surface area contributed by atoms with Gasteiger partial charge < -0.3 is 5.73 Å². The average Bonchev–Trinajstić information content (AvgIpc) is 2.18. The third kappa shape index (κ3) is 2.66. The maximum atomic E-state index is 13.2. The van der Waals surface area contributed by atoms with Gasteiger partial charge in [-0.2, -0.15) is 12.6 Å². The van der Waals surface area contributed by atoms with Crippen LogP contribution in [0.25, 0.3) is 6.08 Å². The highest BCUT2D eigenvalue weighted by Crippen LogP contribution is 2.25. The van der Waals surface area contributed by atoms with Crippen LogP contribution >= 0.6 is 24.2 Å². The molecule has 76 valence electrons. The monoisotopic (exact) mass is 231 g/mol. The Bertz CT molecular complexity index is 352. The lowest BCUT2D eigenvalue weighted by molar-refractivity contribution is 0.632. The summed E-state index contributed by atoms with van der Waals surface area (Å²) in [5.41, 5.74) is 6.06. The second-order valence-electron chi connectivity index (χ2n) is 2.79. The normalized spacial score (nSPS) is 11.1. The van der Waals surface area contributed by atoms with Crippen molar-refractivity contribution in [1.82, 2.24) is 0 Å². The molecule has 14 heavy (non-hydrogen) atoms. The molecule has 2 N–H and O–H groups in total. The molecule has 0 saturated heterocycles. The second-order valence-corrected chi connectivity index (χ2v) is 3.61. The quantitative estimate of drug-likeness (QED) is 0.605. The Morgan fingerprint density at radius 1 is 1.50 bits per heavy atom. The van der Waals surface area contributed by atoms with Gasteiger partial charge in [0, 0.05) is 0 Å². The van der Waals surface area contributed by atoms with Gasteiger partial charge in [0.05, 0.1) is 10.7 Å². The molecule has 0 heterocycles. The Balaban J connectivity index is 2.94. The topological polar surface area (TPSA) is 26.0 Å². The van der Waals surface area contributed by atoms with E-state index in [1.54, 1.807) is 12.1 Å². The van der Waals surface area contributed by atoms with Crippen molar-refractivity contribution in [2.24, 2.45) is 0 Å². The summed E-state index contributed by atoms with van der Waals surface area (Å²) < 4.78 is 13.2. The van der Waals surface area contributed by atoms with Gasteiger partial charge >= 0.3 is 0 Å². The lowest BCUT2D eigenvalue weighted by atomic mass is 10.1. The van der Waals surface area contributed by atoms with Gasteiger partial charge in [-0.05, 0) is 23.8 Å². The third-order valence-electron chi connectivity index (χ3n) is 1.74. The molecule has 1 rings (SSSR count). The molecule has 0 radical (unpaired) electrons. The lowest BCUT2D eigenvalue weighted by Gasteiger charge is -2.02. The van der Waals surface area contributed by atoms with E-state index in [0.717, 1.165) is 12.2 Å². The molecule has 1 aromatic rings. The van der Waals surface area contributed by atoms with Crippen LogP contribution < -0.4 is 5.73 Å². The zero-order valence-electron chi connectivity index (χ0n) is 7.50. The Hall–Kier alpha value is -0.670. The summed E-state index contributed by atoms with van der Waals surface area (Å²) in [6, 6.07) is 3.19. The van der Waals surface area contributed by atoms with E-state index in [0.29, 0.717) is 5.56 Å². The molecule has 0 aliphatic carbocycles. The van der Waals surface area contributed by atoms with Crippen molar-refractivity contribution in [2.45, 2.75) is 6.42 Å². The molecule has 0 unspecified atom stereocenters. The fraction of sp³-hybridized carbons (Fsp3) is 0.200. The van der Waals surface area contributed by atoms with Crippen molar-refractivity contribution < 1.29 is 4.39 Å². The predicted molar refractivity (Wildman–Crippen MR) is 63.3 cm³/mol. The number of nitrogens with two attached hydrogens (primary N) is 1. The fourth-order valence-electron chi connectivity index (χ4n) is 0.993. The summed E-state index contributed by atoms with van der Waals surface area (Å²) in [4.78, 5) is 0. The van der Waals surface area contributed by atoms with Gasteiger partial charge in [-0.25, -0.2) is 4.39 Å². The molecule has 0 fully saturated rings. The molecule has 0 amide bonds. The summed E-state index contributed by atoms with van der Waals surface area (Å²) in [7, 11) is 0. The molecule has 0 aliphatic heterocycles. The molecule has 0 atom stereocenters. The molecular formula is C10H11ClFNS. The van der Waals surface area contributed by atoms with Crippen LogP contribution in [-0.2, 0) is 0 Å². The first-order chi connectivity index (χ1) is 6.66. The van der Waals surface area contributed by atoms with Gasteiger partial charge in [0.1, 0.15) is 0 Å². The van der Waals surface area contributed by atoms with Gasteiger partial charge in [0.15, 0.2) is 5.82 Å². The van der Waals surface area contributed by atoms with Crippen LogP contribution in [0.2, 0.25) is 5.02 Å². The molecular weight excluding hydrogens is 221 g/mol. The van der Waals surface area contributed by atoms with E-state index in [4.69, 9.17) is 17.3 Å². The lowest BCUT2D eigenvalue weighted by Crippen LogP contribution is -1.92. The van der Waals surface area contributed by atoms with Crippen molar-refractivity contribution in [3.05, 3.63) is 34.6 Å². The summed E-state index contributed by atoms with van der Waals surface area (Å²) in [6.07, 6.45) is 4.48. The van der Waals surface area contributed by atoms with Crippen molar-refractivity contribution in [3.8, 4) is 0 Å². The Morgan fingerprint density at radius 3 is 2.86 bits per heavy atom. The average molecular weight is 232 g/mol. The van der Waals surface area contributed by atoms with E-state index in [2.05, 4.69) is 12.6 Å². The van der Waals surface area contributed by atoms with E-state index in [9.17, 15) is 4.39 Å². The molecule has 0 bridgehead atoms. The Morgan fingerprint density at radius 2 is 2.21 bits per heavy atom. The van der Waals surface area contributed by atoms with Crippen molar-refractivity contribution in [1.29, 1.82) is 0 Å². The number of anilines is 1. The van der Waals surface area contributed by atoms with E-state index in [-0.39, 0.29) is 10.7 Å². The first kappa shape index (κ1) is 11.4. The number of hydrogen-bond donors (Lipinski definition) is 2. The van der Waals surface area contributed by atoms with E-state index in [1.807, 2.05) is 6.08 Å². The first-order valence-electron chi connectivity index (χ1n) is 4.17. The van der Waals surface area contributed by atoms with E-state index >= 15 is 0 Å². The second kappa shape index (κ2) is 5.27. The van der Waals surface area contributed by atoms with Crippen LogP contribution in [0.1, 0.15) is 12.0 Å². The number of allylic oxidation sites excluding steroid dienone is 1. The van der Waals surface area contributed by atoms with Crippen molar-refractivity contribution >= 4 is 36.0 Å².